The quantitative estimate of drug-likeness (QED) is 0.742. The zero-order chi connectivity index (χ0) is 20.8. The maximum Gasteiger partial charge on any atom is 0.311 e. The standard InChI is InChI=1S/C21H28N4O4/c1-4-28-18-7-5-17(6-8-18)14-24-9-11-25(12-10-24)21(27)20(26)22-13-19-15(2)23-29-16(19)3/h5-8H,4,9-14H2,1-3H3,(H,22,26). The molecule has 1 fully saturated rings. The lowest BCUT2D eigenvalue weighted by atomic mass is 10.2. The number of ether oxygens (including phenoxy) is 1. The predicted octanol–water partition coefficient (Wildman–Crippen LogP) is 1.65. The summed E-state index contributed by atoms with van der Waals surface area (Å²) in [5.74, 6) is 0.440. The molecule has 3 rings (SSSR count). The Morgan fingerprint density at radius 1 is 1.14 bits per heavy atom. The van der Waals surface area contributed by atoms with Crippen LogP contribution in [-0.2, 0) is 22.7 Å². The molecule has 0 spiro atoms. The summed E-state index contributed by atoms with van der Waals surface area (Å²) in [6, 6.07) is 8.07. The summed E-state index contributed by atoms with van der Waals surface area (Å²) >= 11 is 0. The second kappa shape index (κ2) is 9.56. The lowest BCUT2D eigenvalue weighted by Crippen LogP contribution is -2.52. The highest BCUT2D eigenvalue weighted by Crippen LogP contribution is 2.15. The van der Waals surface area contributed by atoms with Gasteiger partial charge >= 0.3 is 11.8 Å². The summed E-state index contributed by atoms with van der Waals surface area (Å²) < 4.78 is 10.5. The molecule has 1 N–H and O–H groups in total. The molecule has 1 aliphatic rings. The number of benzene rings is 1. The van der Waals surface area contributed by atoms with E-state index in [2.05, 4.69) is 27.5 Å². The largest absolute Gasteiger partial charge is 0.494 e. The average Bonchev–Trinajstić information content (AvgIpc) is 3.05. The van der Waals surface area contributed by atoms with E-state index in [9.17, 15) is 9.59 Å². The summed E-state index contributed by atoms with van der Waals surface area (Å²) in [6.45, 7) is 9.80. The molecule has 2 amide bonds. The fourth-order valence-corrected chi connectivity index (χ4v) is 3.37. The molecule has 0 bridgehead atoms. The van der Waals surface area contributed by atoms with Crippen LogP contribution in [0.2, 0.25) is 0 Å². The van der Waals surface area contributed by atoms with Crippen LogP contribution in [0, 0.1) is 13.8 Å². The van der Waals surface area contributed by atoms with Crippen molar-refractivity contribution in [3.05, 3.63) is 46.8 Å². The van der Waals surface area contributed by atoms with Gasteiger partial charge in [0.05, 0.1) is 12.3 Å². The molecule has 156 valence electrons. The first-order valence-corrected chi connectivity index (χ1v) is 9.91. The van der Waals surface area contributed by atoms with Crippen LogP contribution in [0.1, 0.15) is 29.5 Å². The molecule has 29 heavy (non-hydrogen) atoms. The second-order valence-electron chi connectivity index (χ2n) is 7.13. The van der Waals surface area contributed by atoms with Gasteiger partial charge in [-0.3, -0.25) is 14.5 Å². The number of rotatable bonds is 6. The summed E-state index contributed by atoms with van der Waals surface area (Å²) in [5.41, 5.74) is 2.73. The second-order valence-corrected chi connectivity index (χ2v) is 7.13. The zero-order valence-corrected chi connectivity index (χ0v) is 17.2. The third-order valence-electron chi connectivity index (χ3n) is 5.10. The summed E-state index contributed by atoms with van der Waals surface area (Å²) in [6.07, 6.45) is 0. The van der Waals surface area contributed by atoms with Gasteiger partial charge in [-0.2, -0.15) is 0 Å². The van der Waals surface area contributed by atoms with Crippen LogP contribution in [0.4, 0.5) is 0 Å². The van der Waals surface area contributed by atoms with E-state index >= 15 is 0 Å². The van der Waals surface area contributed by atoms with E-state index < -0.39 is 11.8 Å². The van der Waals surface area contributed by atoms with E-state index in [0.717, 1.165) is 36.6 Å². The summed E-state index contributed by atoms with van der Waals surface area (Å²) in [4.78, 5) is 28.6. The SMILES string of the molecule is CCOc1ccc(CN2CCN(C(=O)C(=O)NCc3c(C)noc3C)CC2)cc1. The molecule has 1 aromatic carbocycles. The van der Waals surface area contributed by atoms with Crippen molar-refractivity contribution >= 4 is 11.8 Å². The van der Waals surface area contributed by atoms with Crippen LogP contribution in [-0.4, -0.2) is 59.6 Å². The Kier molecular flexibility index (Phi) is 6.87. The lowest BCUT2D eigenvalue weighted by molar-refractivity contribution is -0.147. The number of nitrogens with zero attached hydrogens (tertiary/aromatic N) is 3. The zero-order valence-electron chi connectivity index (χ0n) is 17.2. The molecule has 0 atom stereocenters. The van der Waals surface area contributed by atoms with Gasteiger partial charge < -0.3 is 19.5 Å². The van der Waals surface area contributed by atoms with Crippen molar-refractivity contribution < 1.29 is 18.8 Å². The monoisotopic (exact) mass is 400 g/mol. The van der Waals surface area contributed by atoms with Crippen LogP contribution in [0.15, 0.2) is 28.8 Å². The Balaban J connectivity index is 1.44. The van der Waals surface area contributed by atoms with Gasteiger partial charge in [0.2, 0.25) is 0 Å². The fraction of sp³-hybridized carbons (Fsp3) is 0.476. The number of carbonyl (C=O) groups excluding carboxylic acids is 2. The third-order valence-corrected chi connectivity index (χ3v) is 5.10. The van der Waals surface area contributed by atoms with Crippen molar-refractivity contribution in [3.63, 3.8) is 0 Å². The number of nitrogens with one attached hydrogen (secondary N) is 1. The molecule has 8 heteroatoms. The Bertz CT molecular complexity index is 819. The molecule has 0 aliphatic carbocycles. The number of aryl methyl sites for hydroxylation is 2. The highest BCUT2D eigenvalue weighted by molar-refractivity contribution is 6.35. The van der Waals surface area contributed by atoms with Crippen LogP contribution < -0.4 is 10.1 Å². The van der Waals surface area contributed by atoms with Gasteiger partial charge in [0.1, 0.15) is 11.5 Å². The van der Waals surface area contributed by atoms with E-state index in [1.807, 2.05) is 26.0 Å². The summed E-state index contributed by atoms with van der Waals surface area (Å²) in [7, 11) is 0. The molecule has 0 radical (unpaired) electrons. The molecule has 2 aromatic rings. The van der Waals surface area contributed by atoms with E-state index in [4.69, 9.17) is 9.26 Å². The Morgan fingerprint density at radius 3 is 2.41 bits per heavy atom. The van der Waals surface area contributed by atoms with Gasteiger partial charge in [-0.15, -0.1) is 0 Å². The predicted molar refractivity (Wildman–Crippen MR) is 107 cm³/mol. The molecule has 2 heterocycles. The molecule has 0 saturated carbocycles. The minimum Gasteiger partial charge on any atom is -0.494 e. The number of piperazine rings is 1. The average molecular weight is 400 g/mol. The van der Waals surface area contributed by atoms with Crippen molar-refractivity contribution in [2.45, 2.75) is 33.9 Å². The van der Waals surface area contributed by atoms with Gasteiger partial charge in [-0.25, -0.2) is 0 Å². The van der Waals surface area contributed by atoms with Crippen LogP contribution in [0.25, 0.3) is 0 Å². The van der Waals surface area contributed by atoms with E-state index in [1.54, 1.807) is 11.8 Å². The highest BCUT2D eigenvalue weighted by atomic mass is 16.5. The summed E-state index contributed by atoms with van der Waals surface area (Å²) in [5, 5.41) is 6.53. The van der Waals surface area contributed by atoms with Crippen LogP contribution in [0.5, 0.6) is 5.75 Å². The fourth-order valence-electron chi connectivity index (χ4n) is 3.37. The molecule has 8 nitrogen and oxygen atoms in total. The van der Waals surface area contributed by atoms with Gasteiger partial charge in [0, 0.05) is 44.8 Å². The van der Waals surface area contributed by atoms with E-state index in [-0.39, 0.29) is 6.54 Å². The number of carbonyl (C=O) groups is 2. The minimum atomic E-state index is -0.593. The van der Waals surface area contributed by atoms with Crippen molar-refractivity contribution in [3.8, 4) is 5.75 Å². The van der Waals surface area contributed by atoms with Crippen molar-refractivity contribution in [2.75, 3.05) is 32.8 Å². The van der Waals surface area contributed by atoms with Gasteiger partial charge in [0.25, 0.3) is 0 Å². The molecule has 1 saturated heterocycles. The first-order chi connectivity index (χ1) is 14.0. The highest BCUT2D eigenvalue weighted by Gasteiger charge is 2.26. The maximum atomic E-state index is 12.4. The smallest absolute Gasteiger partial charge is 0.311 e. The van der Waals surface area contributed by atoms with Crippen molar-refractivity contribution in [1.82, 2.24) is 20.3 Å². The molecule has 1 aliphatic heterocycles. The topological polar surface area (TPSA) is 87.9 Å². The number of hydrogen-bond acceptors (Lipinski definition) is 6. The van der Waals surface area contributed by atoms with Crippen LogP contribution in [0.3, 0.4) is 0 Å². The molecular weight excluding hydrogens is 372 g/mol. The first kappa shape index (κ1) is 20.9. The maximum absolute atomic E-state index is 12.4. The van der Waals surface area contributed by atoms with Crippen LogP contribution >= 0.6 is 0 Å². The minimum absolute atomic E-state index is 0.240. The number of hydrogen-bond donors (Lipinski definition) is 1. The first-order valence-electron chi connectivity index (χ1n) is 9.91. The normalized spacial score (nSPS) is 14.7. The van der Waals surface area contributed by atoms with Crippen molar-refractivity contribution in [2.24, 2.45) is 0 Å². The Hall–Kier alpha value is -2.87. The van der Waals surface area contributed by atoms with E-state index in [1.165, 1.54) is 5.56 Å². The Labute approximate surface area is 170 Å². The third kappa shape index (κ3) is 5.35. The van der Waals surface area contributed by atoms with Gasteiger partial charge in [-0.05, 0) is 38.5 Å². The molecule has 1 aromatic heterocycles. The lowest BCUT2D eigenvalue weighted by Gasteiger charge is -2.34. The van der Waals surface area contributed by atoms with Crippen molar-refractivity contribution in [1.29, 1.82) is 0 Å². The van der Waals surface area contributed by atoms with E-state index in [0.29, 0.717) is 25.5 Å². The van der Waals surface area contributed by atoms with Gasteiger partial charge in [-0.1, -0.05) is 17.3 Å². The molecule has 0 unspecified atom stereocenters. The number of aromatic nitrogens is 1. The number of amides is 2. The molecular formula is C21H28N4O4. The van der Waals surface area contributed by atoms with Gasteiger partial charge in [0.15, 0.2) is 0 Å². The Morgan fingerprint density at radius 2 is 1.83 bits per heavy atom.